The highest BCUT2D eigenvalue weighted by atomic mass is 16.5. The molecule has 0 amide bonds. The second-order valence-electron chi connectivity index (χ2n) is 8.29. The second kappa shape index (κ2) is 8.78. The number of carbonyl (C=O) groups is 1. The van der Waals surface area contributed by atoms with Gasteiger partial charge in [0.2, 0.25) is 0 Å². The van der Waals surface area contributed by atoms with Gasteiger partial charge < -0.3 is 14.7 Å². The number of piperidine rings is 1. The number of likely N-dealkylation sites (tertiary alicyclic amines) is 1. The molecule has 4 heteroatoms. The molecule has 3 unspecified atom stereocenters. The number of hydrogen-bond donors (Lipinski definition) is 1. The highest BCUT2D eigenvalue weighted by Crippen LogP contribution is 2.40. The summed E-state index contributed by atoms with van der Waals surface area (Å²) in [7, 11) is 1.47. The van der Waals surface area contributed by atoms with E-state index in [9.17, 15) is 9.90 Å². The van der Waals surface area contributed by atoms with Crippen LogP contribution in [0.4, 0.5) is 0 Å². The molecule has 1 aliphatic heterocycles. The van der Waals surface area contributed by atoms with Gasteiger partial charge >= 0.3 is 5.97 Å². The van der Waals surface area contributed by atoms with E-state index in [2.05, 4.69) is 36.9 Å². The number of hydrogen-bond acceptors (Lipinski definition) is 4. The van der Waals surface area contributed by atoms with Crippen LogP contribution in [-0.2, 0) is 21.4 Å². The van der Waals surface area contributed by atoms with Crippen LogP contribution in [0.3, 0.4) is 0 Å². The number of phenols is 1. The molecule has 1 aliphatic rings. The minimum atomic E-state index is -0.162. The molecular weight excluding hydrogens is 350 g/mol. The zero-order valence-corrected chi connectivity index (χ0v) is 17.1. The zero-order chi connectivity index (χ0) is 20.1. The first-order chi connectivity index (χ1) is 13.4. The van der Waals surface area contributed by atoms with Gasteiger partial charge in [0, 0.05) is 13.1 Å². The molecule has 150 valence electrons. The number of nitrogens with zero attached hydrogens (tertiary/aromatic N) is 1. The lowest BCUT2D eigenvalue weighted by Gasteiger charge is -2.45. The van der Waals surface area contributed by atoms with E-state index in [-0.39, 0.29) is 17.3 Å². The molecule has 1 heterocycles. The Bertz CT molecular complexity index is 791. The van der Waals surface area contributed by atoms with Crippen molar-refractivity contribution < 1.29 is 14.6 Å². The quantitative estimate of drug-likeness (QED) is 0.768. The van der Waals surface area contributed by atoms with E-state index < -0.39 is 0 Å². The lowest BCUT2D eigenvalue weighted by Crippen LogP contribution is -2.49. The second-order valence-corrected chi connectivity index (χ2v) is 8.29. The molecule has 0 aliphatic carbocycles. The van der Waals surface area contributed by atoms with Crippen LogP contribution >= 0.6 is 0 Å². The molecule has 1 saturated heterocycles. The first-order valence-electron chi connectivity index (χ1n) is 10.1. The van der Waals surface area contributed by atoms with Gasteiger partial charge in [-0.1, -0.05) is 56.3 Å². The Morgan fingerprint density at radius 3 is 2.64 bits per heavy atom. The maximum absolute atomic E-state index is 12.4. The number of aromatic hydroxyl groups is 1. The van der Waals surface area contributed by atoms with Crippen molar-refractivity contribution in [3.05, 3.63) is 65.7 Å². The highest BCUT2D eigenvalue weighted by Gasteiger charge is 2.39. The van der Waals surface area contributed by atoms with E-state index in [0.717, 1.165) is 25.1 Å². The number of phenolic OH excluding ortho intramolecular Hbond substituents is 1. The summed E-state index contributed by atoms with van der Waals surface area (Å²) in [4.78, 5) is 14.8. The Hall–Kier alpha value is -2.33. The van der Waals surface area contributed by atoms with Crippen LogP contribution in [0.1, 0.15) is 31.4 Å². The number of rotatable bonds is 6. The summed E-state index contributed by atoms with van der Waals surface area (Å²) >= 11 is 0. The van der Waals surface area contributed by atoms with Gasteiger partial charge in [-0.3, -0.25) is 4.79 Å². The summed E-state index contributed by atoms with van der Waals surface area (Å²) in [6, 6.07) is 17.8. The van der Waals surface area contributed by atoms with Crippen LogP contribution in [0.15, 0.2) is 54.6 Å². The van der Waals surface area contributed by atoms with Crippen molar-refractivity contribution in [3.8, 4) is 5.75 Å². The average Bonchev–Trinajstić information content (AvgIpc) is 2.70. The van der Waals surface area contributed by atoms with Gasteiger partial charge in [-0.05, 0) is 54.0 Å². The van der Waals surface area contributed by atoms with Gasteiger partial charge in [-0.15, -0.1) is 0 Å². The van der Waals surface area contributed by atoms with Crippen LogP contribution in [0.25, 0.3) is 0 Å². The minimum Gasteiger partial charge on any atom is -0.508 e. The van der Waals surface area contributed by atoms with Crippen LogP contribution in [0, 0.1) is 11.8 Å². The predicted molar refractivity (Wildman–Crippen MR) is 111 cm³/mol. The Morgan fingerprint density at radius 2 is 2.00 bits per heavy atom. The van der Waals surface area contributed by atoms with E-state index in [1.165, 1.54) is 12.7 Å². The van der Waals surface area contributed by atoms with Gasteiger partial charge in [0.05, 0.1) is 13.0 Å². The number of ether oxygens (including phenoxy) is 1. The Balaban J connectivity index is 1.68. The Morgan fingerprint density at radius 1 is 1.25 bits per heavy atom. The first kappa shape index (κ1) is 20.4. The smallest absolute Gasteiger partial charge is 0.310 e. The zero-order valence-electron chi connectivity index (χ0n) is 17.1. The summed E-state index contributed by atoms with van der Waals surface area (Å²) in [5, 5.41) is 9.88. The molecule has 0 bridgehead atoms. The van der Waals surface area contributed by atoms with Gasteiger partial charge in [-0.2, -0.15) is 0 Å². The first-order valence-corrected chi connectivity index (χ1v) is 10.1. The van der Waals surface area contributed by atoms with Gasteiger partial charge in [0.25, 0.3) is 0 Å². The fraction of sp³-hybridized carbons (Fsp3) is 0.458. The van der Waals surface area contributed by atoms with E-state index in [0.29, 0.717) is 24.6 Å². The molecule has 0 aromatic heterocycles. The molecule has 3 atom stereocenters. The number of benzene rings is 2. The third-order valence-corrected chi connectivity index (χ3v) is 6.41. The fourth-order valence-electron chi connectivity index (χ4n) is 4.37. The summed E-state index contributed by atoms with van der Waals surface area (Å²) < 4.78 is 5.08. The molecule has 0 spiro atoms. The van der Waals surface area contributed by atoms with Crippen molar-refractivity contribution in [1.82, 2.24) is 4.90 Å². The predicted octanol–water partition coefficient (Wildman–Crippen LogP) is 4.02. The van der Waals surface area contributed by atoms with Crippen LogP contribution < -0.4 is 0 Å². The molecule has 2 aromatic rings. The summed E-state index contributed by atoms with van der Waals surface area (Å²) in [6.07, 6.45) is 1.69. The third-order valence-electron chi connectivity index (χ3n) is 6.41. The molecule has 1 fully saturated rings. The largest absolute Gasteiger partial charge is 0.508 e. The number of esters is 1. The van der Waals surface area contributed by atoms with Crippen molar-refractivity contribution in [2.45, 2.75) is 32.1 Å². The maximum atomic E-state index is 12.4. The molecule has 1 N–H and O–H groups in total. The summed E-state index contributed by atoms with van der Waals surface area (Å²) in [5.74, 6) is 0.433. The van der Waals surface area contributed by atoms with E-state index >= 15 is 0 Å². The Kier molecular flexibility index (Phi) is 6.40. The molecule has 28 heavy (non-hydrogen) atoms. The maximum Gasteiger partial charge on any atom is 0.310 e. The summed E-state index contributed by atoms with van der Waals surface area (Å²) in [5.41, 5.74) is 2.37. The molecule has 0 saturated carbocycles. The normalized spacial score (nSPS) is 23.9. The van der Waals surface area contributed by atoms with Crippen LogP contribution in [0.2, 0.25) is 0 Å². The van der Waals surface area contributed by atoms with Crippen LogP contribution in [-0.4, -0.2) is 42.7 Å². The van der Waals surface area contributed by atoms with Crippen LogP contribution in [0.5, 0.6) is 5.75 Å². The standard InChI is InChI=1S/C24H31NO3/c1-18-16-25(13-12-24(18,2)21-10-7-11-22(26)15-21)17-20(23(27)28-3)14-19-8-5-4-6-9-19/h4-11,15,18,20,26H,12-14,16-17H2,1-3H3. The van der Waals surface area contributed by atoms with Crippen molar-refractivity contribution in [2.75, 3.05) is 26.7 Å². The van der Waals surface area contributed by atoms with Crippen molar-refractivity contribution in [2.24, 2.45) is 11.8 Å². The van der Waals surface area contributed by atoms with E-state index in [4.69, 9.17) is 4.74 Å². The molecule has 0 radical (unpaired) electrons. The van der Waals surface area contributed by atoms with E-state index in [1.807, 2.05) is 30.3 Å². The van der Waals surface area contributed by atoms with Gasteiger partial charge in [0.15, 0.2) is 0 Å². The summed E-state index contributed by atoms with van der Waals surface area (Å²) in [6.45, 7) is 7.11. The highest BCUT2D eigenvalue weighted by molar-refractivity contribution is 5.73. The molecule has 3 rings (SSSR count). The SMILES string of the molecule is COC(=O)C(Cc1ccccc1)CN1CCC(C)(c2cccc(O)c2)C(C)C1. The Labute approximate surface area is 168 Å². The topological polar surface area (TPSA) is 49.8 Å². The number of carbonyl (C=O) groups excluding carboxylic acids is 1. The lowest BCUT2D eigenvalue weighted by molar-refractivity contribution is -0.146. The minimum absolute atomic E-state index is 0.0232. The van der Waals surface area contributed by atoms with Crippen molar-refractivity contribution in [3.63, 3.8) is 0 Å². The number of methoxy groups -OCH3 is 1. The molecule has 2 aromatic carbocycles. The lowest BCUT2D eigenvalue weighted by atomic mass is 9.68. The van der Waals surface area contributed by atoms with Crippen molar-refractivity contribution >= 4 is 5.97 Å². The van der Waals surface area contributed by atoms with Crippen molar-refractivity contribution in [1.29, 1.82) is 0 Å². The monoisotopic (exact) mass is 381 g/mol. The van der Waals surface area contributed by atoms with Gasteiger partial charge in [-0.25, -0.2) is 0 Å². The molecular formula is C24H31NO3. The fourth-order valence-corrected chi connectivity index (χ4v) is 4.37. The average molecular weight is 382 g/mol. The third kappa shape index (κ3) is 4.56. The van der Waals surface area contributed by atoms with Gasteiger partial charge in [0.1, 0.15) is 5.75 Å². The van der Waals surface area contributed by atoms with E-state index in [1.54, 1.807) is 6.07 Å². The molecule has 4 nitrogen and oxygen atoms in total.